The zero-order chi connectivity index (χ0) is 52.7. The van der Waals surface area contributed by atoms with Gasteiger partial charge in [0.25, 0.3) is 0 Å². The summed E-state index contributed by atoms with van der Waals surface area (Å²) in [5.74, 6) is -1.45. The van der Waals surface area contributed by atoms with Crippen LogP contribution in [0.25, 0.3) is 0 Å². The van der Waals surface area contributed by atoms with Crippen LogP contribution in [-0.2, 0) is 42.2 Å². The lowest BCUT2D eigenvalue weighted by Gasteiger charge is -2.21. The van der Waals surface area contributed by atoms with Gasteiger partial charge in [-0.25, -0.2) is 4.57 Å². The van der Waals surface area contributed by atoms with E-state index >= 15 is 0 Å². The molecule has 424 valence electrons. The molecule has 0 aliphatic heterocycles. The van der Waals surface area contributed by atoms with Crippen LogP contribution in [0.3, 0.4) is 0 Å². The fraction of sp³-hybridized carbons (Fsp3) is 0.883. The zero-order valence-corrected chi connectivity index (χ0v) is 47.8. The Balaban J connectivity index is 4.63. The molecular formula is C60H113O11P. The third-order valence-corrected chi connectivity index (χ3v) is 14.3. The maximum Gasteiger partial charge on any atom is 0.472 e. The highest BCUT2D eigenvalue weighted by Crippen LogP contribution is 2.43. The number of unbranched alkanes of at least 4 members (excludes halogenated alkanes) is 36. The first kappa shape index (κ1) is 70.0. The number of carbonyl (C=O) groups is 3. The van der Waals surface area contributed by atoms with Crippen LogP contribution in [0.5, 0.6) is 0 Å². The molecule has 0 fully saturated rings. The van der Waals surface area contributed by atoms with E-state index in [4.69, 9.17) is 23.3 Å². The van der Waals surface area contributed by atoms with Crippen LogP contribution in [0.4, 0.5) is 0 Å². The van der Waals surface area contributed by atoms with Gasteiger partial charge in [0.15, 0.2) is 6.10 Å². The lowest BCUT2D eigenvalue weighted by atomic mass is 10.0. The van der Waals surface area contributed by atoms with Gasteiger partial charge in [0, 0.05) is 19.3 Å². The number of allylic oxidation sites excluding steroid dienone is 4. The first-order chi connectivity index (χ1) is 35.2. The molecule has 72 heavy (non-hydrogen) atoms. The van der Waals surface area contributed by atoms with Crippen molar-refractivity contribution in [2.45, 2.75) is 315 Å². The van der Waals surface area contributed by atoms with Crippen LogP contribution in [0.1, 0.15) is 303 Å². The molecule has 0 aromatic carbocycles. The second-order valence-corrected chi connectivity index (χ2v) is 22.0. The molecule has 0 radical (unpaired) electrons. The van der Waals surface area contributed by atoms with Crippen molar-refractivity contribution in [3.63, 3.8) is 0 Å². The molecule has 0 aliphatic rings. The molecule has 0 saturated carbocycles. The second-order valence-electron chi connectivity index (χ2n) is 20.5. The van der Waals surface area contributed by atoms with E-state index < -0.39 is 57.8 Å². The van der Waals surface area contributed by atoms with E-state index in [1.807, 2.05) is 0 Å². The molecule has 3 unspecified atom stereocenters. The Bertz CT molecular complexity index is 1310. The van der Waals surface area contributed by atoms with Gasteiger partial charge in [0.2, 0.25) is 0 Å². The normalized spacial score (nSPS) is 13.5. The molecule has 0 bridgehead atoms. The van der Waals surface area contributed by atoms with Crippen LogP contribution >= 0.6 is 7.82 Å². The van der Waals surface area contributed by atoms with Gasteiger partial charge in [-0.05, 0) is 51.4 Å². The highest BCUT2D eigenvalue weighted by atomic mass is 31.2. The van der Waals surface area contributed by atoms with Gasteiger partial charge < -0.3 is 24.2 Å². The molecule has 11 nitrogen and oxygen atoms in total. The highest BCUT2D eigenvalue weighted by molar-refractivity contribution is 7.47. The number of aliphatic hydroxyl groups is 1. The van der Waals surface area contributed by atoms with Crippen LogP contribution < -0.4 is 0 Å². The molecular weight excluding hydrogens is 928 g/mol. The van der Waals surface area contributed by atoms with E-state index in [0.29, 0.717) is 19.3 Å². The summed E-state index contributed by atoms with van der Waals surface area (Å²) in [6.45, 7) is 4.65. The summed E-state index contributed by atoms with van der Waals surface area (Å²) in [5, 5.41) is 9.81. The third kappa shape index (κ3) is 52.8. The lowest BCUT2D eigenvalue weighted by molar-refractivity contribution is -0.161. The second kappa shape index (κ2) is 55.2. The van der Waals surface area contributed by atoms with Gasteiger partial charge >= 0.3 is 25.7 Å². The van der Waals surface area contributed by atoms with E-state index in [1.165, 1.54) is 161 Å². The van der Waals surface area contributed by atoms with Crippen molar-refractivity contribution >= 4 is 25.7 Å². The van der Waals surface area contributed by atoms with Crippen molar-refractivity contribution in [2.75, 3.05) is 26.4 Å². The molecule has 0 spiro atoms. The van der Waals surface area contributed by atoms with Crippen molar-refractivity contribution in [1.29, 1.82) is 0 Å². The fourth-order valence-electron chi connectivity index (χ4n) is 8.74. The molecule has 12 heteroatoms. The van der Waals surface area contributed by atoms with Crippen molar-refractivity contribution < 1.29 is 52.2 Å². The van der Waals surface area contributed by atoms with E-state index in [9.17, 15) is 28.9 Å². The molecule has 0 rings (SSSR count). The fourth-order valence-corrected chi connectivity index (χ4v) is 9.53. The Labute approximate surface area is 442 Å². The first-order valence-electron chi connectivity index (χ1n) is 30.2. The van der Waals surface area contributed by atoms with Crippen molar-refractivity contribution in [1.82, 2.24) is 0 Å². The maximum absolute atomic E-state index is 12.9. The predicted molar refractivity (Wildman–Crippen MR) is 298 cm³/mol. The smallest absolute Gasteiger partial charge is 0.462 e. The molecule has 0 aromatic heterocycles. The van der Waals surface area contributed by atoms with Gasteiger partial charge in [-0.3, -0.25) is 23.4 Å². The summed E-state index contributed by atoms with van der Waals surface area (Å²) in [5.41, 5.74) is 0. The number of esters is 3. The van der Waals surface area contributed by atoms with Crippen LogP contribution in [0, 0.1) is 0 Å². The Morgan fingerprint density at radius 3 is 1.06 bits per heavy atom. The van der Waals surface area contributed by atoms with Gasteiger partial charge in [0.05, 0.1) is 19.8 Å². The van der Waals surface area contributed by atoms with Crippen molar-refractivity contribution in [2.24, 2.45) is 0 Å². The van der Waals surface area contributed by atoms with Gasteiger partial charge in [0.1, 0.15) is 12.7 Å². The van der Waals surface area contributed by atoms with Crippen LogP contribution in [0.15, 0.2) is 24.3 Å². The molecule has 0 amide bonds. The summed E-state index contributed by atoms with van der Waals surface area (Å²) in [7, 11) is -4.74. The number of aliphatic hydroxyl groups excluding tert-OH is 1. The lowest BCUT2D eigenvalue weighted by Crippen LogP contribution is -2.30. The van der Waals surface area contributed by atoms with E-state index in [0.717, 1.165) is 83.5 Å². The maximum atomic E-state index is 12.9. The van der Waals surface area contributed by atoms with Crippen LogP contribution in [0.2, 0.25) is 0 Å². The first-order valence-corrected chi connectivity index (χ1v) is 31.7. The minimum absolute atomic E-state index is 0.166. The number of hydrogen-bond donors (Lipinski definition) is 2. The summed E-state index contributed by atoms with van der Waals surface area (Å²) in [6.07, 6.45) is 55.6. The number of hydrogen-bond acceptors (Lipinski definition) is 10. The number of phosphoric acid groups is 1. The minimum Gasteiger partial charge on any atom is -0.462 e. The van der Waals surface area contributed by atoms with E-state index in [2.05, 4.69) is 45.1 Å². The Morgan fingerprint density at radius 1 is 0.389 bits per heavy atom. The van der Waals surface area contributed by atoms with Gasteiger partial charge in [-0.2, -0.15) is 0 Å². The number of carbonyl (C=O) groups excluding carboxylic acids is 3. The number of phosphoric ester groups is 1. The molecule has 0 aliphatic carbocycles. The summed E-state index contributed by atoms with van der Waals surface area (Å²) in [4.78, 5) is 48.5. The minimum atomic E-state index is -4.74. The Morgan fingerprint density at radius 2 is 0.681 bits per heavy atom. The molecule has 3 atom stereocenters. The largest absolute Gasteiger partial charge is 0.472 e. The third-order valence-electron chi connectivity index (χ3n) is 13.4. The summed E-state index contributed by atoms with van der Waals surface area (Å²) >= 11 is 0. The number of rotatable bonds is 57. The Kier molecular flexibility index (Phi) is 53.6. The molecule has 0 aromatic rings. The standard InChI is InChI=1S/C60H113O11P/c1-4-7-10-13-16-19-22-24-26-27-28-29-31-33-36-39-42-45-48-51-60(64)71-57(53-67-58(62)49-46-43-40-37-34-21-18-15-12-9-6-3)55-69-72(65,66)68-54-56(52-61)70-59(63)50-47-44-41-38-35-32-30-25-23-20-17-14-11-8-5-2/h17,20,25,30,56-57,61H,4-16,18-19,21-24,26-29,31-55H2,1-3H3,(H,65,66)/b20-17-,30-25-. The monoisotopic (exact) mass is 1040 g/mol. The molecule has 0 saturated heterocycles. The summed E-state index contributed by atoms with van der Waals surface area (Å²) < 4.78 is 39.5. The predicted octanol–water partition coefficient (Wildman–Crippen LogP) is 17.8. The van der Waals surface area contributed by atoms with Gasteiger partial charge in [-0.1, -0.05) is 257 Å². The van der Waals surface area contributed by atoms with Crippen molar-refractivity contribution in [3.8, 4) is 0 Å². The van der Waals surface area contributed by atoms with Crippen molar-refractivity contribution in [3.05, 3.63) is 24.3 Å². The van der Waals surface area contributed by atoms with E-state index in [-0.39, 0.29) is 25.9 Å². The summed E-state index contributed by atoms with van der Waals surface area (Å²) in [6, 6.07) is 0. The van der Waals surface area contributed by atoms with Gasteiger partial charge in [-0.15, -0.1) is 0 Å². The Hall–Kier alpha value is -2.04. The average molecular weight is 1040 g/mol. The SMILES string of the molecule is CCCCC/C=C\C/C=C\CCCCCCCC(=O)OC(CO)COP(=O)(O)OCC(COC(=O)CCCCCCCCCCCCC)OC(=O)CCCCCCCCCCCCCCCCCCCCC. The highest BCUT2D eigenvalue weighted by Gasteiger charge is 2.28. The topological polar surface area (TPSA) is 155 Å². The molecule has 2 N–H and O–H groups in total. The van der Waals surface area contributed by atoms with Crippen LogP contribution in [-0.4, -0.2) is 66.5 Å². The number of ether oxygens (including phenoxy) is 3. The molecule has 0 heterocycles. The average Bonchev–Trinajstić information content (AvgIpc) is 3.37. The zero-order valence-electron chi connectivity index (χ0n) is 46.9. The van der Waals surface area contributed by atoms with E-state index in [1.54, 1.807) is 0 Å². The quantitative estimate of drug-likeness (QED) is 0.0197.